The highest BCUT2D eigenvalue weighted by Crippen LogP contribution is 2.26. The Balaban J connectivity index is 2.15. The second-order valence-electron chi connectivity index (χ2n) is 4.32. The molecule has 21 heavy (non-hydrogen) atoms. The van der Waals surface area contributed by atoms with E-state index in [1.807, 2.05) is 24.3 Å². The molecule has 0 heterocycles. The molecule has 0 aliphatic rings. The number of nitrogens with zero attached hydrogens (tertiary/aromatic N) is 1. The zero-order valence-electron chi connectivity index (χ0n) is 11.4. The van der Waals surface area contributed by atoms with Gasteiger partial charge < -0.3 is 9.47 Å². The largest absolute Gasteiger partial charge is 0.495 e. The van der Waals surface area contributed by atoms with Crippen molar-refractivity contribution in [2.45, 2.75) is 12.5 Å². The fourth-order valence-electron chi connectivity index (χ4n) is 1.89. The zero-order valence-corrected chi connectivity index (χ0v) is 13.7. The van der Waals surface area contributed by atoms with Gasteiger partial charge in [0.15, 0.2) is 0 Å². The molecule has 0 unspecified atom stereocenters. The molecule has 0 saturated carbocycles. The smallest absolute Gasteiger partial charge is 0.136 e. The summed E-state index contributed by atoms with van der Waals surface area (Å²) in [5.41, 5.74) is 2.31. The SMILES string of the molecule is COc1ccc(COc2ccc(Br)cc2CCl)cc1C#N. The van der Waals surface area contributed by atoms with Gasteiger partial charge in [-0.15, -0.1) is 11.6 Å². The molecule has 3 nitrogen and oxygen atoms in total. The van der Waals surface area contributed by atoms with Gasteiger partial charge in [-0.3, -0.25) is 0 Å². The minimum atomic E-state index is 0.365. The van der Waals surface area contributed by atoms with Gasteiger partial charge in [0.25, 0.3) is 0 Å². The Labute approximate surface area is 137 Å². The Morgan fingerprint density at radius 3 is 2.62 bits per heavy atom. The first-order chi connectivity index (χ1) is 10.2. The molecule has 108 valence electrons. The molecule has 2 aromatic carbocycles. The maximum Gasteiger partial charge on any atom is 0.136 e. The molecule has 0 spiro atoms. The summed E-state index contributed by atoms with van der Waals surface area (Å²) in [4.78, 5) is 0. The zero-order chi connectivity index (χ0) is 15.2. The van der Waals surface area contributed by atoms with Crippen molar-refractivity contribution in [2.24, 2.45) is 0 Å². The standard InChI is InChI=1S/C16H13BrClNO2/c1-20-15-4-2-11(6-13(15)9-19)10-21-16-5-3-14(17)7-12(16)8-18/h2-7H,8,10H2,1H3. The van der Waals surface area contributed by atoms with Crippen LogP contribution in [-0.4, -0.2) is 7.11 Å². The molecule has 0 aromatic heterocycles. The maximum absolute atomic E-state index is 9.08. The lowest BCUT2D eigenvalue weighted by Gasteiger charge is -2.11. The molecule has 0 N–H and O–H groups in total. The second-order valence-corrected chi connectivity index (χ2v) is 5.50. The Kier molecular flexibility index (Phi) is 5.49. The van der Waals surface area contributed by atoms with Crippen molar-refractivity contribution in [1.29, 1.82) is 5.26 Å². The van der Waals surface area contributed by atoms with Crippen molar-refractivity contribution in [2.75, 3.05) is 7.11 Å². The van der Waals surface area contributed by atoms with Crippen LogP contribution in [-0.2, 0) is 12.5 Å². The van der Waals surface area contributed by atoms with E-state index in [4.69, 9.17) is 26.3 Å². The van der Waals surface area contributed by atoms with Gasteiger partial charge in [-0.05, 0) is 35.9 Å². The molecule has 0 radical (unpaired) electrons. The Morgan fingerprint density at radius 1 is 1.19 bits per heavy atom. The average molecular weight is 367 g/mol. The van der Waals surface area contributed by atoms with Gasteiger partial charge in [0.1, 0.15) is 24.2 Å². The topological polar surface area (TPSA) is 42.2 Å². The molecular formula is C16H13BrClNO2. The van der Waals surface area contributed by atoms with E-state index in [-0.39, 0.29) is 0 Å². The number of hydrogen-bond donors (Lipinski definition) is 0. The van der Waals surface area contributed by atoms with E-state index in [1.165, 1.54) is 0 Å². The number of benzene rings is 2. The van der Waals surface area contributed by atoms with Crippen molar-refractivity contribution in [3.8, 4) is 17.6 Å². The maximum atomic E-state index is 9.08. The summed E-state index contributed by atoms with van der Waals surface area (Å²) in [6.45, 7) is 0.365. The van der Waals surface area contributed by atoms with E-state index in [2.05, 4.69) is 22.0 Å². The van der Waals surface area contributed by atoms with Gasteiger partial charge in [-0.25, -0.2) is 0 Å². The lowest BCUT2D eigenvalue weighted by Crippen LogP contribution is -1.99. The summed E-state index contributed by atoms with van der Waals surface area (Å²) < 4.78 is 11.9. The van der Waals surface area contributed by atoms with Crippen molar-refractivity contribution in [3.63, 3.8) is 0 Å². The normalized spacial score (nSPS) is 10.0. The van der Waals surface area contributed by atoms with Crippen LogP contribution in [0.2, 0.25) is 0 Å². The van der Waals surface area contributed by atoms with Gasteiger partial charge in [-0.1, -0.05) is 22.0 Å². The molecule has 0 aliphatic heterocycles. The molecule has 2 aromatic rings. The van der Waals surface area contributed by atoms with Crippen LogP contribution in [0.25, 0.3) is 0 Å². The highest BCUT2D eigenvalue weighted by molar-refractivity contribution is 9.10. The van der Waals surface area contributed by atoms with Gasteiger partial charge in [0, 0.05) is 10.0 Å². The molecule has 0 aliphatic carbocycles. The summed E-state index contributed by atoms with van der Waals surface area (Å²) in [6.07, 6.45) is 0. The van der Waals surface area contributed by atoms with Crippen LogP contribution >= 0.6 is 27.5 Å². The van der Waals surface area contributed by atoms with E-state index in [1.54, 1.807) is 19.2 Å². The quantitative estimate of drug-likeness (QED) is 0.724. The highest BCUT2D eigenvalue weighted by atomic mass is 79.9. The van der Waals surface area contributed by atoms with Crippen molar-refractivity contribution in [1.82, 2.24) is 0 Å². The van der Waals surface area contributed by atoms with Crippen LogP contribution in [0, 0.1) is 11.3 Å². The van der Waals surface area contributed by atoms with Crippen LogP contribution in [0.15, 0.2) is 40.9 Å². The van der Waals surface area contributed by atoms with Crippen molar-refractivity contribution >= 4 is 27.5 Å². The van der Waals surface area contributed by atoms with Crippen molar-refractivity contribution in [3.05, 3.63) is 57.6 Å². The summed E-state index contributed by atoms with van der Waals surface area (Å²) in [5.74, 6) is 1.68. The first kappa shape index (κ1) is 15.7. The average Bonchev–Trinajstić information content (AvgIpc) is 2.53. The summed E-state index contributed by atoms with van der Waals surface area (Å²) in [6, 6.07) is 13.2. The fourth-order valence-corrected chi connectivity index (χ4v) is 2.50. The number of methoxy groups -OCH3 is 1. The van der Waals surface area contributed by atoms with Crippen molar-refractivity contribution < 1.29 is 9.47 Å². The van der Waals surface area contributed by atoms with E-state index >= 15 is 0 Å². The summed E-state index contributed by atoms with van der Waals surface area (Å²) in [7, 11) is 1.54. The Hall–Kier alpha value is -1.70. The second kappa shape index (κ2) is 7.35. The fraction of sp³-hybridized carbons (Fsp3) is 0.188. The third kappa shape index (κ3) is 3.90. The van der Waals surface area contributed by atoms with Crippen LogP contribution in [0.4, 0.5) is 0 Å². The number of alkyl halides is 1. The molecule has 0 bridgehead atoms. The number of rotatable bonds is 5. The van der Waals surface area contributed by atoms with Crippen LogP contribution < -0.4 is 9.47 Å². The predicted molar refractivity (Wildman–Crippen MR) is 85.7 cm³/mol. The first-order valence-electron chi connectivity index (χ1n) is 6.22. The third-order valence-electron chi connectivity index (χ3n) is 2.95. The minimum Gasteiger partial charge on any atom is -0.495 e. The molecule has 0 amide bonds. The Bertz CT molecular complexity index is 682. The third-order valence-corrected chi connectivity index (χ3v) is 3.73. The van der Waals surface area contributed by atoms with E-state index in [9.17, 15) is 0 Å². The van der Waals surface area contributed by atoms with Crippen LogP contribution in [0.5, 0.6) is 11.5 Å². The number of nitriles is 1. The van der Waals surface area contributed by atoms with E-state index in [0.717, 1.165) is 21.3 Å². The summed E-state index contributed by atoms with van der Waals surface area (Å²) in [5, 5.41) is 9.08. The lowest BCUT2D eigenvalue weighted by molar-refractivity contribution is 0.303. The Morgan fingerprint density at radius 2 is 1.95 bits per heavy atom. The number of hydrogen-bond acceptors (Lipinski definition) is 3. The van der Waals surface area contributed by atoms with Crippen LogP contribution in [0.3, 0.4) is 0 Å². The molecular weight excluding hydrogens is 354 g/mol. The van der Waals surface area contributed by atoms with E-state index in [0.29, 0.717) is 23.8 Å². The lowest BCUT2D eigenvalue weighted by atomic mass is 10.1. The molecule has 5 heteroatoms. The highest BCUT2D eigenvalue weighted by Gasteiger charge is 2.07. The minimum absolute atomic E-state index is 0.365. The monoisotopic (exact) mass is 365 g/mol. The van der Waals surface area contributed by atoms with Gasteiger partial charge in [-0.2, -0.15) is 5.26 Å². The van der Waals surface area contributed by atoms with Gasteiger partial charge >= 0.3 is 0 Å². The molecule has 0 fully saturated rings. The van der Waals surface area contributed by atoms with Crippen LogP contribution in [0.1, 0.15) is 16.7 Å². The van der Waals surface area contributed by atoms with E-state index < -0.39 is 0 Å². The first-order valence-corrected chi connectivity index (χ1v) is 7.55. The molecule has 0 atom stereocenters. The van der Waals surface area contributed by atoms with Gasteiger partial charge in [0.2, 0.25) is 0 Å². The number of halogens is 2. The molecule has 2 rings (SSSR count). The summed E-state index contributed by atoms with van der Waals surface area (Å²) >= 11 is 9.32. The predicted octanol–water partition coefficient (Wildman–Crippen LogP) is 4.65. The molecule has 0 saturated heterocycles. The number of ether oxygens (including phenoxy) is 2. The van der Waals surface area contributed by atoms with Gasteiger partial charge in [0.05, 0.1) is 18.6 Å².